The molecule has 150 valence electrons. The fourth-order valence-corrected chi connectivity index (χ4v) is 3.50. The lowest BCUT2D eigenvalue weighted by Crippen LogP contribution is -2.36. The molecule has 0 aliphatic rings. The minimum absolute atomic E-state index is 0.0214. The van der Waals surface area contributed by atoms with Gasteiger partial charge >= 0.3 is 0 Å². The van der Waals surface area contributed by atoms with E-state index in [1.807, 2.05) is 54.6 Å². The van der Waals surface area contributed by atoms with Crippen LogP contribution < -0.4 is 27.2 Å². The summed E-state index contributed by atoms with van der Waals surface area (Å²) in [6, 6.07) is 21.9. The van der Waals surface area contributed by atoms with Crippen molar-refractivity contribution in [1.82, 2.24) is 10.3 Å². The Kier molecular flexibility index (Phi) is 5.41. The Morgan fingerprint density at radius 2 is 1.53 bits per heavy atom. The molecule has 4 aromatic rings. The van der Waals surface area contributed by atoms with E-state index in [-0.39, 0.29) is 23.5 Å². The van der Waals surface area contributed by atoms with Crippen LogP contribution in [0.3, 0.4) is 0 Å². The maximum Gasteiger partial charge on any atom is 0.253 e. The van der Waals surface area contributed by atoms with Crippen molar-refractivity contribution in [2.45, 2.75) is 19.0 Å². The van der Waals surface area contributed by atoms with Crippen LogP contribution in [0.4, 0.5) is 17.1 Å². The number of hydrogen-bond acceptors (Lipinski definition) is 6. The summed E-state index contributed by atoms with van der Waals surface area (Å²) in [6.45, 7) is 2.12. The Hall–Kier alpha value is -3.77. The molecule has 0 amide bonds. The highest BCUT2D eigenvalue weighted by molar-refractivity contribution is 5.76. The van der Waals surface area contributed by atoms with Crippen LogP contribution in [0.1, 0.15) is 35.7 Å². The third kappa shape index (κ3) is 3.86. The molecule has 0 aliphatic carbocycles. The molecule has 0 bridgehead atoms. The van der Waals surface area contributed by atoms with Crippen molar-refractivity contribution in [1.29, 1.82) is 0 Å². The minimum Gasteiger partial charge on any atom is -0.394 e. The first-order valence-electron chi connectivity index (χ1n) is 9.71. The van der Waals surface area contributed by atoms with Gasteiger partial charge in [0.25, 0.3) is 10.9 Å². The van der Waals surface area contributed by atoms with E-state index in [9.17, 15) is 9.59 Å². The van der Waals surface area contributed by atoms with Gasteiger partial charge in [0.05, 0.1) is 6.04 Å². The summed E-state index contributed by atoms with van der Waals surface area (Å²) < 4.78 is 0. The summed E-state index contributed by atoms with van der Waals surface area (Å²) in [4.78, 5) is 27.3. The monoisotopic (exact) mass is 398 g/mol. The van der Waals surface area contributed by atoms with Crippen LogP contribution in [0.2, 0.25) is 0 Å². The molecule has 4 N–H and O–H groups in total. The van der Waals surface area contributed by atoms with Gasteiger partial charge in [-0.15, -0.1) is 0 Å². The van der Waals surface area contributed by atoms with Crippen molar-refractivity contribution in [3.63, 3.8) is 0 Å². The molecule has 0 saturated heterocycles. The predicted molar refractivity (Wildman–Crippen MR) is 120 cm³/mol. The van der Waals surface area contributed by atoms with E-state index < -0.39 is 10.9 Å². The third-order valence-corrected chi connectivity index (χ3v) is 5.19. The number of nitrogen functional groups attached to an aromatic ring is 1. The highest BCUT2D eigenvalue weighted by atomic mass is 16.2. The average Bonchev–Trinajstić information content (AvgIpc) is 2.81. The highest BCUT2D eigenvalue weighted by Gasteiger charge is 2.20. The van der Waals surface area contributed by atoms with E-state index in [1.165, 1.54) is 5.56 Å². The van der Waals surface area contributed by atoms with Gasteiger partial charge < -0.3 is 11.1 Å². The van der Waals surface area contributed by atoms with Gasteiger partial charge in [-0.25, -0.2) is 0 Å². The van der Waals surface area contributed by atoms with Crippen LogP contribution in [0, 0.1) is 0 Å². The number of nitrogens with one attached hydrogen (secondary N) is 2. The molecule has 0 spiro atoms. The largest absolute Gasteiger partial charge is 0.394 e. The normalized spacial score (nSPS) is 13.1. The molecule has 1 aromatic heterocycles. The van der Waals surface area contributed by atoms with Gasteiger partial charge in [-0.3, -0.25) is 19.9 Å². The van der Waals surface area contributed by atoms with Crippen LogP contribution in [0.15, 0.2) is 88.7 Å². The minimum atomic E-state index is -0.637. The molecule has 30 heavy (non-hydrogen) atoms. The molecule has 6 nitrogen and oxygen atoms in total. The molecule has 3 aromatic carbocycles. The zero-order chi connectivity index (χ0) is 21.1. The molecule has 4 rings (SSSR count). The van der Waals surface area contributed by atoms with E-state index in [0.29, 0.717) is 5.69 Å². The zero-order valence-corrected chi connectivity index (χ0v) is 16.5. The fraction of sp³-hybridized carbons (Fsp3) is 0.125. The van der Waals surface area contributed by atoms with Gasteiger partial charge in [-0.2, -0.15) is 0 Å². The van der Waals surface area contributed by atoms with E-state index in [1.54, 1.807) is 12.4 Å². The van der Waals surface area contributed by atoms with E-state index in [4.69, 9.17) is 5.73 Å². The van der Waals surface area contributed by atoms with Crippen LogP contribution in [-0.2, 0) is 0 Å². The smallest absolute Gasteiger partial charge is 0.253 e. The van der Waals surface area contributed by atoms with Gasteiger partial charge in [0.1, 0.15) is 11.4 Å². The first kappa shape index (κ1) is 19.5. The Bertz CT molecular complexity index is 1220. The SMILES string of the molecule is C[C@H](NC(c1ccncc1)c1cccc(Nc2c(N)c(=O)c2=O)c1)c1ccccc1. The molecule has 1 heterocycles. The van der Waals surface area contributed by atoms with Gasteiger partial charge in [-0.1, -0.05) is 42.5 Å². The van der Waals surface area contributed by atoms with Gasteiger partial charge in [0.15, 0.2) is 0 Å². The average molecular weight is 398 g/mol. The predicted octanol–water partition coefficient (Wildman–Crippen LogP) is 3.44. The van der Waals surface area contributed by atoms with Gasteiger partial charge in [0, 0.05) is 24.1 Å². The number of aromatic nitrogens is 1. The molecule has 0 aliphatic heterocycles. The van der Waals surface area contributed by atoms with Crippen LogP contribution in [0.25, 0.3) is 0 Å². The van der Waals surface area contributed by atoms with Crippen molar-refractivity contribution in [2.24, 2.45) is 0 Å². The standard InChI is InChI=1S/C24H22N4O2/c1-15(16-6-3-2-4-7-16)27-21(17-10-12-26-13-11-17)18-8-5-9-19(14-18)28-22-20(25)23(29)24(22)30/h2-15,21,27-28H,25H2,1H3/t15-,21?/m0/s1. The lowest BCUT2D eigenvalue weighted by Gasteiger charge is -2.25. The third-order valence-electron chi connectivity index (χ3n) is 5.19. The molecular formula is C24H22N4O2. The number of benzene rings is 2. The molecule has 0 saturated carbocycles. The number of nitrogens with zero attached hydrogens (tertiary/aromatic N) is 1. The number of pyridine rings is 1. The van der Waals surface area contributed by atoms with Crippen LogP contribution in [0.5, 0.6) is 0 Å². The number of nitrogens with two attached hydrogens (primary N) is 1. The molecule has 0 radical (unpaired) electrons. The first-order chi connectivity index (χ1) is 14.5. The quantitative estimate of drug-likeness (QED) is 0.413. The van der Waals surface area contributed by atoms with Crippen LogP contribution >= 0.6 is 0 Å². The van der Waals surface area contributed by atoms with Gasteiger partial charge in [-0.05, 0) is 47.9 Å². The second-order valence-electron chi connectivity index (χ2n) is 7.21. The summed E-state index contributed by atoms with van der Waals surface area (Å²) in [6.07, 6.45) is 3.53. The topological polar surface area (TPSA) is 97.1 Å². The molecule has 2 atom stereocenters. The molecule has 6 heteroatoms. The number of hydrogen-bond donors (Lipinski definition) is 3. The molecular weight excluding hydrogens is 376 g/mol. The van der Waals surface area contributed by atoms with Crippen molar-refractivity contribution in [2.75, 3.05) is 11.1 Å². The fourth-order valence-electron chi connectivity index (χ4n) is 3.50. The lowest BCUT2D eigenvalue weighted by atomic mass is 9.97. The molecule has 1 unspecified atom stereocenters. The lowest BCUT2D eigenvalue weighted by molar-refractivity contribution is 0.516. The Morgan fingerprint density at radius 3 is 2.23 bits per heavy atom. The number of anilines is 3. The van der Waals surface area contributed by atoms with E-state index in [2.05, 4.69) is 34.7 Å². The van der Waals surface area contributed by atoms with E-state index in [0.717, 1.165) is 11.1 Å². The van der Waals surface area contributed by atoms with Crippen LogP contribution in [-0.4, -0.2) is 4.98 Å². The second-order valence-corrected chi connectivity index (χ2v) is 7.21. The summed E-state index contributed by atoms with van der Waals surface area (Å²) in [7, 11) is 0. The molecule has 0 fully saturated rings. The van der Waals surface area contributed by atoms with Crippen molar-refractivity contribution >= 4 is 17.1 Å². The summed E-state index contributed by atoms with van der Waals surface area (Å²) >= 11 is 0. The second kappa shape index (κ2) is 8.31. The Labute approximate surface area is 174 Å². The summed E-state index contributed by atoms with van der Waals surface area (Å²) in [5, 5.41) is 6.67. The summed E-state index contributed by atoms with van der Waals surface area (Å²) in [5.74, 6) is 0. The highest BCUT2D eigenvalue weighted by Crippen LogP contribution is 2.28. The van der Waals surface area contributed by atoms with Crippen molar-refractivity contribution in [3.05, 3.63) is 116 Å². The van der Waals surface area contributed by atoms with E-state index >= 15 is 0 Å². The maximum absolute atomic E-state index is 11.7. The van der Waals surface area contributed by atoms with Crippen molar-refractivity contribution in [3.8, 4) is 0 Å². The first-order valence-corrected chi connectivity index (χ1v) is 9.71. The number of rotatable bonds is 7. The Balaban J connectivity index is 1.66. The Morgan fingerprint density at radius 1 is 0.833 bits per heavy atom. The maximum atomic E-state index is 11.7. The van der Waals surface area contributed by atoms with Gasteiger partial charge in [0.2, 0.25) is 0 Å². The van der Waals surface area contributed by atoms with Crippen molar-refractivity contribution < 1.29 is 0 Å². The summed E-state index contributed by atoms with van der Waals surface area (Å²) in [5.41, 5.74) is 8.51. The zero-order valence-electron chi connectivity index (χ0n) is 16.5.